The van der Waals surface area contributed by atoms with Crippen LogP contribution in [0.4, 0.5) is 5.13 Å². The van der Waals surface area contributed by atoms with Crippen molar-refractivity contribution >= 4 is 74.7 Å². The molecule has 3 aliphatic rings. The molecule has 2 heterocycles. The molecule has 4 atom stereocenters. The molecule has 1 aromatic rings. The largest absolute Gasteiger partial charge is 0.350 e. The molecule has 2 bridgehead atoms. The number of thiazole rings is 1. The zero-order valence-corrected chi connectivity index (χ0v) is 16.6. The van der Waals surface area contributed by atoms with Gasteiger partial charge < -0.3 is 9.47 Å². The van der Waals surface area contributed by atoms with Crippen LogP contribution in [0.15, 0.2) is 21.6 Å². The molecule has 0 N–H and O–H groups in total. The average Bonchev–Trinajstić information content (AvgIpc) is 3.25. The number of ether oxygens (including phenoxy) is 2. The van der Waals surface area contributed by atoms with Gasteiger partial charge in [0, 0.05) is 25.8 Å². The molecule has 1 saturated heterocycles. The van der Waals surface area contributed by atoms with Crippen LogP contribution < -0.4 is 4.90 Å². The molecular weight excluding hydrogens is 434 g/mol. The van der Waals surface area contributed by atoms with Gasteiger partial charge in [-0.25, -0.2) is 9.88 Å². The van der Waals surface area contributed by atoms with Crippen LogP contribution in [0, 0.1) is 11.8 Å². The van der Waals surface area contributed by atoms with E-state index in [0.717, 1.165) is 16.2 Å². The Hall–Kier alpha value is -0.410. The number of carbonyl (C=O) groups excluding carboxylic acids is 2. The molecule has 2 fully saturated rings. The number of rotatable bonds is 3. The molecule has 0 radical (unpaired) electrons. The fraction of sp³-hybridized carbons (Fsp3) is 0.500. The maximum Gasteiger partial charge on any atom is 0.242 e. The standard InChI is InChI=1S/C14H10Cl4N2O4S/c1-23-14(24-2)12(17)5-6(13(14,18)8(16)7(12)15)10(22)20(9(5)21)11-19-3-4-25-11/h3-6H,1-2H3/t5-,6+,12+,13-. The van der Waals surface area contributed by atoms with Gasteiger partial charge in [-0.1, -0.05) is 23.2 Å². The minimum Gasteiger partial charge on any atom is -0.350 e. The highest BCUT2D eigenvalue weighted by Crippen LogP contribution is 2.75. The number of nitrogens with zero attached hydrogens (tertiary/aromatic N) is 2. The summed E-state index contributed by atoms with van der Waals surface area (Å²) in [5, 5.41) is 1.77. The number of fused-ring (bicyclic) bond motifs is 5. The molecule has 4 rings (SSSR count). The summed E-state index contributed by atoms with van der Waals surface area (Å²) in [6.07, 6.45) is 1.49. The molecule has 25 heavy (non-hydrogen) atoms. The summed E-state index contributed by atoms with van der Waals surface area (Å²) in [4.78, 5) is 27.7. The number of aromatic nitrogens is 1. The van der Waals surface area contributed by atoms with Crippen molar-refractivity contribution in [3.63, 3.8) is 0 Å². The van der Waals surface area contributed by atoms with Gasteiger partial charge in [0.15, 0.2) is 5.13 Å². The summed E-state index contributed by atoms with van der Waals surface area (Å²) in [5.74, 6) is -5.10. The van der Waals surface area contributed by atoms with Gasteiger partial charge in [0.05, 0.1) is 21.9 Å². The molecular formula is C14H10Cl4N2O4S. The quantitative estimate of drug-likeness (QED) is 0.408. The van der Waals surface area contributed by atoms with Gasteiger partial charge in [-0.2, -0.15) is 0 Å². The summed E-state index contributed by atoms with van der Waals surface area (Å²) in [5.41, 5.74) is 0. The zero-order chi connectivity index (χ0) is 18.4. The normalized spacial score (nSPS) is 38.9. The summed E-state index contributed by atoms with van der Waals surface area (Å²) >= 11 is 27.5. The van der Waals surface area contributed by atoms with E-state index in [4.69, 9.17) is 55.9 Å². The van der Waals surface area contributed by atoms with Gasteiger partial charge in [-0.3, -0.25) is 9.59 Å². The third kappa shape index (κ3) is 1.61. The number of methoxy groups -OCH3 is 2. The van der Waals surface area contributed by atoms with Gasteiger partial charge in [0.1, 0.15) is 9.75 Å². The maximum absolute atomic E-state index is 13.1. The highest BCUT2D eigenvalue weighted by molar-refractivity contribution is 7.14. The third-order valence-corrected chi connectivity index (χ3v) is 8.51. The fourth-order valence-corrected chi connectivity index (χ4v) is 7.03. The molecule has 0 aromatic carbocycles. The second-order valence-corrected chi connectivity index (χ2v) is 8.68. The van der Waals surface area contributed by atoms with Crippen molar-refractivity contribution in [1.29, 1.82) is 0 Å². The van der Waals surface area contributed by atoms with Crippen LogP contribution in [0.1, 0.15) is 0 Å². The lowest BCUT2D eigenvalue weighted by Crippen LogP contribution is -2.60. The van der Waals surface area contributed by atoms with Crippen LogP contribution in [0.3, 0.4) is 0 Å². The number of hydrogen-bond acceptors (Lipinski definition) is 6. The van der Waals surface area contributed by atoms with E-state index >= 15 is 0 Å². The van der Waals surface area contributed by atoms with Crippen molar-refractivity contribution in [2.24, 2.45) is 11.8 Å². The van der Waals surface area contributed by atoms with E-state index in [1.165, 1.54) is 20.4 Å². The van der Waals surface area contributed by atoms with E-state index in [9.17, 15) is 9.59 Å². The molecule has 1 saturated carbocycles. The van der Waals surface area contributed by atoms with Gasteiger partial charge in [0.2, 0.25) is 17.6 Å². The van der Waals surface area contributed by atoms with Crippen LogP contribution in [-0.2, 0) is 19.1 Å². The Morgan fingerprint density at radius 1 is 1.08 bits per heavy atom. The summed E-state index contributed by atoms with van der Waals surface area (Å²) in [6, 6.07) is 0. The lowest BCUT2D eigenvalue weighted by molar-refractivity contribution is -0.221. The van der Waals surface area contributed by atoms with Crippen molar-refractivity contribution < 1.29 is 19.1 Å². The Labute approximate surface area is 166 Å². The Bertz CT molecular complexity index is 781. The number of anilines is 1. The van der Waals surface area contributed by atoms with Crippen LogP contribution >= 0.6 is 57.7 Å². The zero-order valence-electron chi connectivity index (χ0n) is 12.8. The van der Waals surface area contributed by atoms with Gasteiger partial charge >= 0.3 is 0 Å². The van der Waals surface area contributed by atoms with Crippen LogP contribution in [0.2, 0.25) is 0 Å². The smallest absolute Gasteiger partial charge is 0.242 e. The topological polar surface area (TPSA) is 68.7 Å². The second kappa shape index (κ2) is 5.32. The van der Waals surface area contributed by atoms with Crippen LogP contribution in [0.25, 0.3) is 0 Å². The molecule has 1 aromatic heterocycles. The first-order valence-electron chi connectivity index (χ1n) is 7.05. The maximum atomic E-state index is 13.1. The Balaban J connectivity index is 1.97. The van der Waals surface area contributed by atoms with Gasteiger partial charge in [-0.05, 0) is 0 Å². The molecule has 2 amide bonds. The van der Waals surface area contributed by atoms with E-state index in [0.29, 0.717) is 0 Å². The first kappa shape index (κ1) is 18.0. The molecule has 11 heteroatoms. The van der Waals surface area contributed by atoms with E-state index in [1.807, 2.05) is 0 Å². The van der Waals surface area contributed by atoms with Crippen LogP contribution in [-0.4, -0.2) is 46.6 Å². The minimum absolute atomic E-state index is 0.0575. The van der Waals surface area contributed by atoms with Crippen molar-refractivity contribution in [3.8, 4) is 0 Å². The van der Waals surface area contributed by atoms with Crippen molar-refractivity contribution in [2.45, 2.75) is 15.5 Å². The third-order valence-electron chi connectivity index (χ3n) is 5.14. The van der Waals surface area contributed by atoms with Gasteiger partial charge in [-0.15, -0.1) is 34.5 Å². The minimum atomic E-state index is -1.77. The van der Waals surface area contributed by atoms with Crippen molar-refractivity contribution in [1.82, 2.24) is 4.98 Å². The number of imide groups is 1. The van der Waals surface area contributed by atoms with E-state index in [-0.39, 0.29) is 15.2 Å². The number of hydrogen-bond donors (Lipinski definition) is 0. The van der Waals surface area contributed by atoms with Crippen molar-refractivity contribution in [2.75, 3.05) is 19.1 Å². The Morgan fingerprint density at radius 3 is 1.92 bits per heavy atom. The molecule has 0 spiro atoms. The average molecular weight is 444 g/mol. The SMILES string of the molecule is COC1(OC)[C@@]2(Cl)C(Cl)=C(Cl)[C@]1(Cl)[C@@H]1C(=O)N(c3nccs3)C(=O)[C@@H]12. The number of halogens is 4. The lowest BCUT2D eigenvalue weighted by atomic mass is 9.84. The first-order valence-corrected chi connectivity index (χ1v) is 9.44. The number of carbonyl (C=O) groups is 2. The van der Waals surface area contributed by atoms with Gasteiger partial charge in [0.25, 0.3) is 0 Å². The van der Waals surface area contributed by atoms with Crippen LogP contribution in [0.5, 0.6) is 0 Å². The highest BCUT2D eigenvalue weighted by Gasteiger charge is 2.89. The molecule has 134 valence electrons. The Kier molecular flexibility index (Phi) is 3.82. The number of amides is 2. The fourth-order valence-electron chi connectivity index (χ4n) is 4.22. The number of alkyl halides is 2. The first-order chi connectivity index (χ1) is 11.7. The summed E-state index contributed by atoms with van der Waals surface area (Å²) in [6.45, 7) is 0. The predicted octanol–water partition coefficient (Wildman–Crippen LogP) is 2.91. The monoisotopic (exact) mass is 442 g/mol. The van der Waals surface area contributed by atoms with E-state index < -0.39 is 39.2 Å². The molecule has 0 unspecified atom stereocenters. The molecule has 6 nitrogen and oxygen atoms in total. The summed E-state index contributed by atoms with van der Waals surface area (Å²) < 4.78 is 11.0. The van der Waals surface area contributed by atoms with E-state index in [1.54, 1.807) is 5.38 Å². The lowest BCUT2D eigenvalue weighted by Gasteiger charge is -2.42. The highest BCUT2D eigenvalue weighted by atomic mass is 35.5. The molecule has 2 aliphatic carbocycles. The van der Waals surface area contributed by atoms with Crippen molar-refractivity contribution in [3.05, 3.63) is 21.6 Å². The Morgan fingerprint density at radius 2 is 1.56 bits per heavy atom. The molecule has 1 aliphatic heterocycles. The predicted molar refractivity (Wildman–Crippen MR) is 94.2 cm³/mol. The van der Waals surface area contributed by atoms with E-state index in [2.05, 4.69) is 4.98 Å². The summed E-state index contributed by atoms with van der Waals surface area (Å²) in [7, 11) is 2.62. The second-order valence-electron chi connectivity index (χ2n) is 5.86.